The molecule has 2 heterocycles. The summed E-state index contributed by atoms with van der Waals surface area (Å²) in [6.45, 7) is 0.750. The van der Waals surface area contributed by atoms with E-state index < -0.39 is 0 Å². The molecule has 1 fully saturated rings. The summed E-state index contributed by atoms with van der Waals surface area (Å²) >= 11 is 0. The van der Waals surface area contributed by atoms with Gasteiger partial charge in [-0.05, 0) is 31.0 Å². The number of nitrogens with two attached hydrogens (primary N) is 2. The van der Waals surface area contributed by atoms with Crippen molar-refractivity contribution in [2.24, 2.45) is 0 Å². The van der Waals surface area contributed by atoms with E-state index in [2.05, 4.69) is 4.98 Å². The van der Waals surface area contributed by atoms with Gasteiger partial charge in [0, 0.05) is 17.0 Å². The Morgan fingerprint density at radius 2 is 2.00 bits per heavy atom. The monoisotopic (exact) mass is 269 g/mol. The van der Waals surface area contributed by atoms with Crippen LogP contribution < -0.4 is 20.9 Å². The molecule has 0 atom stereocenters. The molecule has 102 valence electrons. The number of anilines is 2. The quantitative estimate of drug-likeness (QED) is 0.875. The van der Waals surface area contributed by atoms with Crippen molar-refractivity contribution in [3.05, 3.63) is 35.9 Å². The summed E-state index contributed by atoms with van der Waals surface area (Å²) < 4.78 is 11.7. The number of hydrogen-bond acceptors (Lipinski definition) is 5. The molecule has 5 heteroatoms. The molecule has 4 N–H and O–H groups in total. The third kappa shape index (κ3) is 1.59. The lowest BCUT2D eigenvalue weighted by Crippen LogP contribution is -2.08. The summed E-state index contributed by atoms with van der Waals surface area (Å²) in [5.41, 5.74) is 13.2. The molecule has 4 rings (SSSR count). The van der Waals surface area contributed by atoms with Crippen LogP contribution in [-0.4, -0.2) is 11.6 Å². The first-order valence-electron chi connectivity index (χ1n) is 6.64. The number of ether oxygens (including phenoxy) is 2. The predicted octanol–water partition coefficient (Wildman–Crippen LogP) is 2.46. The summed E-state index contributed by atoms with van der Waals surface area (Å²) in [6.07, 6.45) is 2.30. The van der Waals surface area contributed by atoms with Crippen molar-refractivity contribution in [1.29, 1.82) is 0 Å². The van der Waals surface area contributed by atoms with Gasteiger partial charge < -0.3 is 20.9 Å². The van der Waals surface area contributed by atoms with Crippen LogP contribution in [0.3, 0.4) is 0 Å². The summed E-state index contributed by atoms with van der Waals surface area (Å²) in [4.78, 5) is 4.15. The van der Waals surface area contributed by atoms with E-state index in [1.165, 1.54) is 0 Å². The molecule has 1 spiro atoms. The average molecular weight is 269 g/mol. The Hall–Kier alpha value is -2.43. The first-order valence-corrected chi connectivity index (χ1v) is 6.64. The lowest BCUT2D eigenvalue weighted by Gasteiger charge is -2.12. The van der Waals surface area contributed by atoms with Gasteiger partial charge in [0.25, 0.3) is 0 Å². The van der Waals surface area contributed by atoms with E-state index in [0.29, 0.717) is 11.6 Å². The predicted molar refractivity (Wildman–Crippen MR) is 76.0 cm³/mol. The Morgan fingerprint density at radius 3 is 2.75 bits per heavy atom. The maximum absolute atomic E-state index is 5.91. The zero-order chi connectivity index (χ0) is 13.7. The smallest absolute Gasteiger partial charge is 0.221 e. The molecular weight excluding hydrogens is 254 g/mol. The molecule has 1 aromatic heterocycles. The molecule has 1 aliphatic heterocycles. The van der Waals surface area contributed by atoms with Crippen LogP contribution in [0.15, 0.2) is 30.3 Å². The molecular formula is C15H15N3O2. The number of aromatic nitrogens is 1. The van der Waals surface area contributed by atoms with Crippen molar-refractivity contribution >= 4 is 11.5 Å². The number of hydrogen-bond donors (Lipinski definition) is 2. The molecule has 5 nitrogen and oxygen atoms in total. The van der Waals surface area contributed by atoms with Crippen LogP contribution in [0.2, 0.25) is 0 Å². The van der Waals surface area contributed by atoms with Crippen molar-refractivity contribution in [2.75, 3.05) is 18.1 Å². The number of fused-ring (bicyclic) bond motifs is 2. The van der Waals surface area contributed by atoms with Crippen molar-refractivity contribution in [3.8, 4) is 17.4 Å². The molecule has 2 aliphatic rings. The van der Waals surface area contributed by atoms with Gasteiger partial charge in [-0.2, -0.15) is 4.98 Å². The fourth-order valence-electron chi connectivity index (χ4n) is 2.71. The fourth-order valence-corrected chi connectivity index (χ4v) is 2.71. The first-order chi connectivity index (χ1) is 9.68. The van der Waals surface area contributed by atoms with Gasteiger partial charge in [-0.3, -0.25) is 0 Å². The Kier molecular flexibility index (Phi) is 2.16. The van der Waals surface area contributed by atoms with Gasteiger partial charge in [0.1, 0.15) is 11.5 Å². The molecule has 2 aromatic rings. The highest BCUT2D eigenvalue weighted by Gasteiger charge is 2.52. The maximum atomic E-state index is 5.91. The van der Waals surface area contributed by atoms with Gasteiger partial charge in [0.15, 0.2) is 5.82 Å². The SMILES string of the molecule is Nc1ccc(Oc2cccc3c2C2(CC2)CO3)nc1N. The van der Waals surface area contributed by atoms with Crippen LogP contribution in [0.25, 0.3) is 0 Å². The normalized spacial score (nSPS) is 17.6. The number of pyridine rings is 1. The van der Waals surface area contributed by atoms with E-state index in [1.807, 2.05) is 18.2 Å². The van der Waals surface area contributed by atoms with Crippen molar-refractivity contribution in [3.63, 3.8) is 0 Å². The second kappa shape index (κ2) is 3.79. The molecule has 0 saturated heterocycles. The maximum Gasteiger partial charge on any atom is 0.221 e. The first kappa shape index (κ1) is 11.4. The highest BCUT2D eigenvalue weighted by Crippen LogP contribution is 2.58. The Balaban J connectivity index is 1.73. The number of benzene rings is 1. The standard InChI is InChI=1S/C15H15N3O2/c16-9-4-5-12(18-14(9)17)20-11-3-1-2-10-13(11)15(6-7-15)8-19-10/h1-5H,6-8,16H2,(H2,17,18). The van der Waals surface area contributed by atoms with Crippen LogP contribution in [0.1, 0.15) is 18.4 Å². The second-order valence-electron chi connectivity index (χ2n) is 5.42. The molecule has 20 heavy (non-hydrogen) atoms. The molecule has 1 aliphatic carbocycles. The van der Waals surface area contributed by atoms with Gasteiger partial charge in [0.05, 0.1) is 12.3 Å². The zero-order valence-corrected chi connectivity index (χ0v) is 10.9. The van der Waals surface area contributed by atoms with Crippen LogP contribution >= 0.6 is 0 Å². The minimum Gasteiger partial charge on any atom is -0.492 e. The van der Waals surface area contributed by atoms with E-state index >= 15 is 0 Å². The third-order valence-electron chi connectivity index (χ3n) is 4.02. The molecule has 1 saturated carbocycles. The van der Waals surface area contributed by atoms with E-state index in [0.717, 1.165) is 36.5 Å². The van der Waals surface area contributed by atoms with Crippen LogP contribution in [0.5, 0.6) is 17.4 Å². The van der Waals surface area contributed by atoms with E-state index in [4.69, 9.17) is 20.9 Å². The molecule has 0 radical (unpaired) electrons. The average Bonchev–Trinajstić information content (AvgIpc) is 3.11. The molecule has 0 amide bonds. The van der Waals surface area contributed by atoms with Crippen LogP contribution in [-0.2, 0) is 5.41 Å². The van der Waals surface area contributed by atoms with Crippen LogP contribution in [0.4, 0.5) is 11.5 Å². The number of nitrogens with zero attached hydrogens (tertiary/aromatic N) is 1. The van der Waals surface area contributed by atoms with Gasteiger partial charge >= 0.3 is 0 Å². The lowest BCUT2D eigenvalue weighted by atomic mass is 9.97. The minimum absolute atomic E-state index is 0.158. The Morgan fingerprint density at radius 1 is 1.15 bits per heavy atom. The molecule has 0 bridgehead atoms. The highest BCUT2D eigenvalue weighted by atomic mass is 16.5. The lowest BCUT2D eigenvalue weighted by molar-refractivity contribution is 0.323. The Labute approximate surface area is 116 Å². The largest absolute Gasteiger partial charge is 0.492 e. The van der Waals surface area contributed by atoms with E-state index in [9.17, 15) is 0 Å². The van der Waals surface area contributed by atoms with Gasteiger partial charge in [-0.15, -0.1) is 0 Å². The minimum atomic E-state index is 0.158. The topological polar surface area (TPSA) is 83.4 Å². The summed E-state index contributed by atoms with van der Waals surface area (Å²) in [5, 5.41) is 0. The van der Waals surface area contributed by atoms with Crippen LogP contribution in [0, 0.1) is 0 Å². The van der Waals surface area contributed by atoms with Gasteiger partial charge in [0.2, 0.25) is 5.88 Å². The van der Waals surface area contributed by atoms with E-state index in [-0.39, 0.29) is 11.2 Å². The summed E-state index contributed by atoms with van der Waals surface area (Å²) in [5.74, 6) is 2.46. The van der Waals surface area contributed by atoms with Gasteiger partial charge in [-0.25, -0.2) is 0 Å². The fraction of sp³-hybridized carbons (Fsp3) is 0.267. The molecule has 1 aromatic carbocycles. The number of rotatable bonds is 2. The number of nitrogen functional groups attached to an aromatic ring is 2. The summed E-state index contributed by atoms with van der Waals surface area (Å²) in [7, 11) is 0. The highest BCUT2D eigenvalue weighted by molar-refractivity contribution is 5.60. The molecule has 0 unspecified atom stereocenters. The zero-order valence-electron chi connectivity index (χ0n) is 10.9. The van der Waals surface area contributed by atoms with Gasteiger partial charge in [-0.1, -0.05) is 6.07 Å². The van der Waals surface area contributed by atoms with Crippen molar-refractivity contribution < 1.29 is 9.47 Å². The third-order valence-corrected chi connectivity index (χ3v) is 4.02. The second-order valence-corrected chi connectivity index (χ2v) is 5.42. The summed E-state index contributed by atoms with van der Waals surface area (Å²) in [6, 6.07) is 9.28. The Bertz CT molecular complexity index is 696. The van der Waals surface area contributed by atoms with Crippen molar-refractivity contribution in [1.82, 2.24) is 4.98 Å². The van der Waals surface area contributed by atoms with E-state index in [1.54, 1.807) is 12.1 Å². The van der Waals surface area contributed by atoms with Crippen molar-refractivity contribution in [2.45, 2.75) is 18.3 Å².